The van der Waals surface area contributed by atoms with Crippen molar-refractivity contribution < 1.29 is 17.9 Å². The molecule has 0 fully saturated rings. The SMILES string of the molecule is CCOc1ccc(N([C@H](CC)C(=O)NCc2ccc(Cl)cc2)S(C)(=O)=O)cc1. The fraction of sp³-hybridized carbons (Fsp3) is 0.350. The number of hydrogen-bond donors (Lipinski definition) is 1. The van der Waals surface area contributed by atoms with Crippen molar-refractivity contribution in [3.63, 3.8) is 0 Å². The van der Waals surface area contributed by atoms with Gasteiger partial charge in [0.2, 0.25) is 15.9 Å². The Hall–Kier alpha value is -2.25. The van der Waals surface area contributed by atoms with Gasteiger partial charge in [0, 0.05) is 11.6 Å². The van der Waals surface area contributed by atoms with Gasteiger partial charge in [-0.15, -0.1) is 0 Å². The molecule has 0 aromatic heterocycles. The van der Waals surface area contributed by atoms with Crippen LogP contribution in [0, 0.1) is 0 Å². The van der Waals surface area contributed by atoms with E-state index in [0.29, 0.717) is 29.5 Å². The Morgan fingerprint density at radius 1 is 1.11 bits per heavy atom. The molecule has 0 saturated carbocycles. The van der Waals surface area contributed by atoms with Crippen LogP contribution in [0.5, 0.6) is 5.75 Å². The summed E-state index contributed by atoms with van der Waals surface area (Å²) in [6.07, 6.45) is 1.42. The number of carbonyl (C=O) groups excluding carboxylic acids is 1. The van der Waals surface area contributed by atoms with Gasteiger partial charge in [-0.05, 0) is 55.3 Å². The van der Waals surface area contributed by atoms with Crippen molar-refractivity contribution >= 4 is 33.2 Å². The number of nitrogens with one attached hydrogen (secondary N) is 1. The van der Waals surface area contributed by atoms with E-state index in [1.54, 1.807) is 43.3 Å². The number of rotatable bonds is 9. The molecule has 2 aromatic rings. The van der Waals surface area contributed by atoms with Crippen LogP contribution in [0.2, 0.25) is 5.02 Å². The second kappa shape index (κ2) is 9.80. The second-order valence-electron chi connectivity index (χ2n) is 6.25. The van der Waals surface area contributed by atoms with E-state index in [0.717, 1.165) is 16.1 Å². The lowest BCUT2D eigenvalue weighted by Gasteiger charge is -2.30. The van der Waals surface area contributed by atoms with Gasteiger partial charge in [0.05, 0.1) is 18.6 Å². The minimum Gasteiger partial charge on any atom is -0.494 e. The number of hydrogen-bond acceptors (Lipinski definition) is 4. The summed E-state index contributed by atoms with van der Waals surface area (Å²) < 4.78 is 31.5. The zero-order chi connectivity index (χ0) is 20.7. The lowest BCUT2D eigenvalue weighted by Crippen LogP contribution is -2.49. The predicted octanol–water partition coefficient (Wildman–Crippen LogP) is 3.60. The molecule has 0 aliphatic rings. The lowest BCUT2D eigenvalue weighted by atomic mass is 10.1. The molecule has 152 valence electrons. The molecule has 0 bridgehead atoms. The maximum Gasteiger partial charge on any atom is 0.244 e. The number of nitrogens with zero attached hydrogens (tertiary/aromatic N) is 1. The third-order valence-electron chi connectivity index (χ3n) is 4.11. The van der Waals surface area contributed by atoms with Gasteiger partial charge >= 0.3 is 0 Å². The molecule has 0 spiro atoms. The number of anilines is 1. The van der Waals surface area contributed by atoms with Gasteiger partial charge in [-0.25, -0.2) is 8.42 Å². The lowest BCUT2D eigenvalue weighted by molar-refractivity contribution is -0.122. The summed E-state index contributed by atoms with van der Waals surface area (Å²) in [5, 5.41) is 3.42. The van der Waals surface area contributed by atoms with Crippen LogP contribution >= 0.6 is 11.6 Å². The largest absolute Gasteiger partial charge is 0.494 e. The van der Waals surface area contributed by atoms with Gasteiger partial charge in [0.1, 0.15) is 11.8 Å². The average molecular weight is 425 g/mol. The molecular formula is C20H25ClN2O4S. The average Bonchev–Trinajstić information content (AvgIpc) is 2.65. The monoisotopic (exact) mass is 424 g/mol. The van der Waals surface area contributed by atoms with E-state index >= 15 is 0 Å². The van der Waals surface area contributed by atoms with E-state index in [2.05, 4.69) is 5.32 Å². The fourth-order valence-electron chi connectivity index (χ4n) is 2.83. The molecule has 28 heavy (non-hydrogen) atoms. The number of benzene rings is 2. The molecule has 0 saturated heterocycles. The normalized spacial score (nSPS) is 12.3. The third kappa shape index (κ3) is 5.87. The van der Waals surface area contributed by atoms with Gasteiger partial charge in [0.15, 0.2) is 0 Å². The number of ether oxygens (including phenoxy) is 1. The van der Waals surface area contributed by atoms with Gasteiger partial charge in [-0.3, -0.25) is 9.10 Å². The highest BCUT2D eigenvalue weighted by atomic mass is 35.5. The highest BCUT2D eigenvalue weighted by Gasteiger charge is 2.31. The number of carbonyl (C=O) groups is 1. The highest BCUT2D eigenvalue weighted by Crippen LogP contribution is 2.25. The number of amides is 1. The van der Waals surface area contributed by atoms with Crippen molar-refractivity contribution in [1.29, 1.82) is 0 Å². The molecule has 2 aromatic carbocycles. The standard InChI is InChI=1S/C20H25ClN2O4S/c1-4-19(20(24)22-14-15-6-8-16(21)9-7-15)23(28(3,25)26)17-10-12-18(13-11-17)27-5-2/h6-13,19H,4-5,14H2,1-3H3,(H,22,24)/t19-/m1/s1. The summed E-state index contributed by atoms with van der Waals surface area (Å²) in [6, 6.07) is 12.9. The summed E-state index contributed by atoms with van der Waals surface area (Å²) in [7, 11) is -3.67. The molecule has 8 heteroatoms. The van der Waals surface area contributed by atoms with E-state index < -0.39 is 16.1 Å². The van der Waals surface area contributed by atoms with Crippen LogP contribution < -0.4 is 14.4 Å². The van der Waals surface area contributed by atoms with Crippen LogP contribution in [0.15, 0.2) is 48.5 Å². The summed E-state index contributed by atoms with van der Waals surface area (Å²) in [4.78, 5) is 12.8. The van der Waals surface area contributed by atoms with Gasteiger partial charge in [-0.1, -0.05) is 30.7 Å². The van der Waals surface area contributed by atoms with Crippen molar-refractivity contribution in [1.82, 2.24) is 5.32 Å². The summed E-state index contributed by atoms with van der Waals surface area (Å²) >= 11 is 5.87. The first kappa shape index (κ1) is 22.0. The van der Waals surface area contributed by atoms with Crippen molar-refractivity contribution in [3.05, 3.63) is 59.1 Å². The molecule has 0 aliphatic carbocycles. The first-order chi connectivity index (χ1) is 13.3. The molecule has 2 rings (SSSR count). The van der Waals surface area contributed by atoms with Gasteiger partial charge in [0.25, 0.3) is 0 Å². The topological polar surface area (TPSA) is 75.7 Å². The van der Waals surface area contributed by atoms with E-state index in [-0.39, 0.29) is 12.5 Å². The minimum absolute atomic E-state index is 0.285. The van der Waals surface area contributed by atoms with Crippen LogP contribution in [-0.2, 0) is 21.4 Å². The Kier molecular flexibility index (Phi) is 7.71. The van der Waals surface area contributed by atoms with Crippen LogP contribution in [0.4, 0.5) is 5.69 Å². The Labute approximate surface area is 171 Å². The molecule has 0 radical (unpaired) electrons. The maximum atomic E-state index is 12.8. The van der Waals surface area contributed by atoms with E-state index in [1.165, 1.54) is 0 Å². The fourth-order valence-corrected chi connectivity index (χ4v) is 4.16. The Balaban J connectivity index is 2.21. The Bertz CT molecular complexity index is 883. The minimum atomic E-state index is -3.67. The molecule has 1 amide bonds. The van der Waals surface area contributed by atoms with Crippen LogP contribution in [-0.4, -0.2) is 33.2 Å². The van der Waals surface area contributed by atoms with Crippen LogP contribution in [0.1, 0.15) is 25.8 Å². The first-order valence-electron chi connectivity index (χ1n) is 9.00. The Morgan fingerprint density at radius 3 is 2.21 bits per heavy atom. The molecule has 1 atom stereocenters. The quantitative estimate of drug-likeness (QED) is 0.667. The Morgan fingerprint density at radius 2 is 1.71 bits per heavy atom. The van der Waals surface area contributed by atoms with Gasteiger partial charge in [-0.2, -0.15) is 0 Å². The molecule has 1 N–H and O–H groups in total. The van der Waals surface area contributed by atoms with E-state index in [1.807, 2.05) is 19.1 Å². The van der Waals surface area contributed by atoms with Crippen molar-refractivity contribution in [2.75, 3.05) is 17.2 Å². The van der Waals surface area contributed by atoms with Crippen LogP contribution in [0.25, 0.3) is 0 Å². The van der Waals surface area contributed by atoms with E-state index in [9.17, 15) is 13.2 Å². The summed E-state index contributed by atoms with van der Waals surface area (Å²) in [6.45, 7) is 4.45. The number of sulfonamides is 1. The summed E-state index contributed by atoms with van der Waals surface area (Å²) in [5.41, 5.74) is 1.29. The van der Waals surface area contributed by atoms with Crippen LogP contribution in [0.3, 0.4) is 0 Å². The second-order valence-corrected chi connectivity index (χ2v) is 8.55. The molecule has 0 unspecified atom stereocenters. The highest BCUT2D eigenvalue weighted by molar-refractivity contribution is 7.92. The van der Waals surface area contributed by atoms with Crippen molar-refractivity contribution in [3.8, 4) is 5.75 Å². The first-order valence-corrected chi connectivity index (χ1v) is 11.2. The molecule has 0 aliphatic heterocycles. The van der Waals surface area contributed by atoms with Gasteiger partial charge < -0.3 is 10.1 Å². The van der Waals surface area contributed by atoms with Crippen molar-refractivity contribution in [2.24, 2.45) is 0 Å². The zero-order valence-electron chi connectivity index (χ0n) is 16.2. The smallest absolute Gasteiger partial charge is 0.244 e. The summed E-state index contributed by atoms with van der Waals surface area (Å²) in [5.74, 6) is 0.275. The number of halogens is 1. The van der Waals surface area contributed by atoms with E-state index in [4.69, 9.17) is 16.3 Å². The third-order valence-corrected chi connectivity index (χ3v) is 5.54. The van der Waals surface area contributed by atoms with Crippen molar-refractivity contribution in [2.45, 2.75) is 32.9 Å². The molecular weight excluding hydrogens is 400 g/mol. The maximum absolute atomic E-state index is 12.8. The molecule has 6 nitrogen and oxygen atoms in total. The molecule has 0 heterocycles. The predicted molar refractivity (Wildman–Crippen MR) is 112 cm³/mol. The zero-order valence-corrected chi connectivity index (χ0v) is 17.8.